The third kappa shape index (κ3) is 5.57. The van der Waals surface area contributed by atoms with Crippen LogP contribution in [0.5, 0.6) is 0 Å². The zero-order valence-electron chi connectivity index (χ0n) is 11.6. The molecule has 1 rings (SSSR count). The molecule has 0 heterocycles. The monoisotopic (exact) mass is 343 g/mol. The number of nitrogens with one attached hydrogen (secondary N) is 1. The van der Waals surface area contributed by atoms with E-state index < -0.39 is 0 Å². The van der Waals surface area contributed by atoms with Crippen molar-refractivity contribution in [2.45, 2.75) is 44.4 Å². The van der Waals surface area contributed by atoms with E-state index >= 15 is 0 Å². The lowest BCUT2D eigenvalue weighted by atomic mass is 9.99. The van der Waals surface area contributed by atoms with Gasteiger partial charge in [-0.15, -0.1) is 12.6 Å². The van der Waals surface area contributed by atoms with Crippen LogP contribution in [0.4, 0.5) is 0 Å². The summed E-state index contributed by atoms with van der Waals surface area (Å²) in [6.07, 6.45) is 4.72. The normalized spacial score (nSPS) is 12.2. The van der Waals surface area contributed by atoms with Gasteiger partial charge in [-0.3, -0.25) is 4.79 Å². The van der Waals surface area contributed by atoms with Crippen LogP contribution in [-0.2, 0) is 0 Å². The van der Waals surface area contributed by atoms with Crippen molar-refractivity contribution in [1.29, 1.82) is 0 Å². The average molecular weight is 344 g/mol. The molecule has 0 bridgehead atoms. The molecule has 1 aromatic carbocycles. The summed E-state index contributed by atoms with van der Waals surface area (Å²) in [6, 6.07) is 5.50. The lowest BCUT2D eigenvalue weighted by molar-refractivity contribution is 0.0943. The van der Waals surface area contributed by atoms with Gasteiger partial charge < -0.3 is 5.32 Å². The third-order valence-corrected chi connectivity index (χ3v) is 4.16. The van der Waals surface area contributed by atoms with Crippen LogP contribution in [0.2, 0.25) is 0 Å². The number of carbonyl (C=O) groups is 1. The summed E-state index contributed by atoms with van der Waals surface area (Å²) < 4.78 is 0.934. The topological polar surface area (TPSA) is 29.1 Å². The van der Waals surface area contributed by atoms with E-state index in [-0.39, 0.29) is 5.91 Å². The molecule has 19 heavy (non-hydrogen) atoms. The first-order chi connectivity index (χ1) is 9.08. The first-order valence-electron chi connectivity index (χ1n) is 6.85. The predicted octanol–water partition coefficient (Wildman–Crippen LogP) is 4.68. The number of amides is 1. The Bertz CT molecular complexity index is 423. The fraction of sp³-hybridized carbons (Fsp3) is 0.533. The number of hydrogen-bond donors (Lipinski definition) is 2. The van der Waals surface area contributed by atoms with Crippen molar-refractivity contribution in [2.24, 2.45) is 5.92 Å². The van der Waals surface area contributed by atoms with Gasteiger partial charge in [0.25, 0.3) is 5.91 Å². The van der Waals surface area contributed by atoms with E-state index in [0.29, 0.717) is 16.4 Å². The van der Waals surface area contributed by atoms with E-state index in [1.54, 1.807) is 6.07 Å². The number of thiol groups is 1. The molecule has 0 fully saturated rings. The van der Waals surface area contributed by atoms with Crippen molar-refractivity contribution in [2.75, 3.05) is 6.54 Å². The summed E-state index contributed by atoms with van der Waals surface area (Å²) in [5, 5.41) is 3.02. The van der Waals surface area contributed by atoms with Crippen LogP contribution in [0.1, 0.15) is 49.9 Å². The van der Waals surface area contributed by atoms with Crippen LogP contribution in [0.3, 0.4) is 0 Å². The second-order valence-electron chi connectivity index (χ2n) is 4.79. The lowest BCUT2D eigenvalue weighted by Crippen LogP contribution is -2.29. The number of rotatable bonds is 7. The highest BCUT2D eigenvalue weighted by atomic mass is 79.9. The van der Waals surface area contributed by atoms with Gasteiger partial charge in [-0.1, -0.05) is 49.0 Å². The molecule has 1 atom stereocenters. The first-order valence-corrected chi connectivity index (χ1v) is 8.09. The number of carbonyl (C=O) groups excluding carboxylic acids is 1. The van der Waals surface area contributed by atoms with Crippen molar-refractivity contribution >= 4 is 34.5 Å². The quantitative estimate of drug-likeness (QED) is 0.691. The minimum Gasteiger partial charge on any atom is -0.352 e. The van der Waals surface area contributed by atoms with Gasteiger partial charge in [0.2, 0.25) is 0 Å². The molecule has 1 unspecified atom stereocenters. The number of benzene rings is 1. The highest BCUT2D eigenvalue weighted by Gasteiger charge is 2.12. The zero-order chi connectivity index (χ0) is 14.3. The number of hydrogen-bond acceptors (Lipinski definition) is 2. The fourth-order valence-electron chi connectivity index (χ4n) is 1.97. The average Bonchev–Trinajstić information content (AvgIpc) is 2.38. The van der Waals surface area contributed by atoms with Gasteiger partial charge in [0, 0.05) is 15.9 Å². The molecule has 0 saturated carbocycles. The molecule has 1 aromatic rings. The van der Waals surface area contributed by atoms with Crippen LogP contribution in [-0.4, -0.2) is 12.5 Å². The van der Waals surface area contributed by atoms with Crippen LogP contribution in [0.25, 0.3) is 0 Å². The van der Waals surface area contributed by atoms with E-state index in [9.17, 15) is 4.79 Å². The summed E-state index contributed by atoms with van der Waals surface area (Å²) >= 11 is 7.71. The van der Waals surface area contributed by atoms with Crippen LogP contribution in [0.15, 0.2) is 27.6 Å². The van der Waals surface area contributed by atoms with E-state index in [4.69, 9.17) is 0 Å². The molecule has 2 nitrogen and oxygen atoms in total. The Morgan fingerprint density at radius 2 is 2.16 bits per heavy atom. The molecular weight excluding hydrogens is 322 g/mol. The molecule has 0 aliphatic carbocycles. The summed E-state index contributed by atoms with van der Waals surface area (Å²) in [5.41, 5.74) is 0.636. The molecule has 0 spiro atoms. The second-order valence-corrected chi connectivity index (χ2v) is 6.19. The van der Waals surface area contributed by atoms with Crippen molar-refractivity contribution in [3.05, 3.63) is 28.2 Å². The third-order valence-electron chi connectivity index (χ3n) is 3.30. The van der Waals surface area contributed by atoms with Crippen molar-refractivity contribution in [3.8, 4) is 0 Å². The van der Waals surface area contributed by atoms with Gasteiger partial charge in [0.1, 0.15) is 0 Å². The Labute approximate surface area is 129 Å². The van der Waals surface area contributed by atoms with E-state index in [2.05, 4.69) is 47.7 Å². The van der Waals surface area contributed by atoms with Crippen LogP contribution >= 0.6 is 28.6 Å². The van der Waals surface area contributed by atoms with Crippen LogP contribution < -0.4 is 5.32 Å². The van der Waals surface area contributed by atoms with Crippen molar-refractivity contribution in [3.63, 3.8) is 0 Å². The smallest absolute Gasteiger partial charge is 0.252 e. The Morgan fingerprint density at radius 1 is 1.42 bits per heavy atom. The Kier molecular flexibility index (Phi) is 7.54. The van der Waals surface area contributed by atoms with Gasteiger partial charge in [-0.05, 0) is 30.5 Å². The Balaban J connectivity index is 2.54. The Hall–Kier alpha value is -0.480. The van der Waals surface area contributed by atoms with E-state index in [1.807, 2.05) is 12.1 Å². The molecule has 106 valence electrons. The zero-order valence-corrected chi connectivity index (χ0v) is 14.1. The van der Waals surface area contributed by atoms with Gasteiger partial charge >= 0.3 is 0 Å². The highest BCUT2D eigenvalue weighted by molar-refractivity contribution is 9.10. The fourth-order valence-corrected chi connectivity index (χ4v) is 2.83. The lowest BCUT2D eigenvalue weighted by Gasteiger charge is -2.15. The maximum atomic E-state index is 12.1. The molecule has 1 amide bonds. The molecule has 0 radical (unpaired) electrons. The minimum atomic E-state index is -0.0348. The largest absolute Gasteiger partial charge is 0.352 e. The molecular formula is C15H22BrNOS. The maximum Gasteiger partial charge on any atom is 0.252 e. The van der Waals surface area contributed by atoms with Gasteiger partial charge in [-0.25, -0.2) is 0 Å². The minimum absolute atomic E-state index is 0.0348. The first kappa shape index (κ1) is 16.6. The van der Waals surface area contributed by atoms with Crippen molar-refractivity contribution in [1.82, 2.24) is 5.32 Å². The second kappa shape index (κ2) is 8.64. The predicted molar refractivity (Wildman–Crippen MR) is 87.0 cm³/mol. The summed E-state index contributed by atoms with van der Waals surface area (Å²) in [7, 11) is 0. The summed E-state index contributed by atoms with van der Waals surface area (Å²) in [6.45, 7) is 5.12. The molecule has 0 aromatic heterocycles. The van der Waals surface area contributed by atoms with E-state index in [0.717, 1.165) is 17.4 Å². The SMILES string of the molecule is CCCCC(CC)CNC(=O)c1ccc(Br)cc1S. The standard InChI is InChI=1S/C15H22BrNOS/c1-3-5-6-11(4-2)10-17-15(18)13-8-7-12(16)9-14(13)19/h7-9,11,19H,3-6,10H2,1-2H3,(H,17,18). The maximum absolute atomic E-state index is 12.1. The molecule has 0 aliphatic rings. The van der Waals surface area contributed by atoms with Crippen molar-refractivity contribution < 1.29 is 4.79 Å². The van der Waals surface area contributed by atoms with E-state index in [1.165, 1.54) is 19.3 Å². The molecule has 0 saturated heterocycles. The Morgan fingerprint density at radius 3 is 2.74 bits per heavy atom. The van der Waals surface area contributed by atoms with Gasteiger partial charge in [0.05, 0.1) is 5.56 Å². The highest BCUT2D eigenvalue weighted by Crippen LogP contribution is 2.20. The molecule has 4 heteroatoms. The summed E-state index contributed by atoms with van der Waals surface area (Å²) in [5.74, 6) is 0.537. The number of halogens is 1. The number of unbranched alkanes of at least 4 members (excludes halogenated alkanes) is 1. The summed E-state index contributed by atoms with van der Waals surface area (Å²) in [4.78, 5) is 12.8. The van der Waals surface area contributed by atoms with Gasteiger partial charge in [-0.2, -0.15) is 0 Å². The molecule has 0 aliphatic heterocycles. The molecule has 1 N–H and O–H groups in total. The van der Waals surface area contributed by atoms with Crippen LogP contribution in [0, 0.1) is 5.92 Å². The van der Waals surface area contributed by atoms with Gasteiger partial charge in [0.15, 0.2) is 0 Å².